The van der Waals surface area contributed by atoms with Crippen LogP contribution in [0.1, 0.15) is 77.0 Å². The molecular weight excluding hydrogens is 276 g/mol. The van der Waals surface area contributed by atoms with Crippen LogP contribution < -0.4 is 0 Å². The number of hydrogen-bond donors (Lipinski definition) is 0. The quantitative estimate of drug-likeness (QED) is 0.458. The number of aryl methyl sites for hydroxylation is 1. The molecule has 0 saturated heterocycles. The molecule has 23 heavy (non-hydrogen) atoms. The molecule has 0 heterocycles. The van der Waals surface area contributed by atoms with E-state index in [0.29, 0.717) is 11.8 Å². The van der Waals surface area contributed by atoms with Crippen molar-refractivity contribution in [3.8, 4) is 0 Å². The van der Waals surface area contributed by atoms with Crippen molar-refractivity contribution in [3.05, 3.63) is 64.8 Å². The van der Waals surface area contributed by atoms with Crippen LogP contribution in [0.4, 0.5) is 0 Å². The van der Waals surface area contributed by atoms with Crippen molar-refractivity contribution in [2.24, 2.45) is 5.92 Å². The summed E-state index contributed by atoms with van der Waals surface area (Å²) in [5.74, 6) is 1.19. The molecule has 126 valence electrons. The first kappa shape index (κ1) is 19.5. The Bertz CT molecular complexity index is 584. The Morgan fingerprint density at radius 2 is 1.65 bits per heavy atom. The molecule has 1 aromatic carbocycles. The van der Waals surface area contributed by atoms with E-state index in [0.717, 1.165) is 6.42 Å². The van der Waals surface area contributed by atoms with Crippen molar-refractivity contribution in [1.29, 1.82) is 0 Å². The van der Waals surface area contributed by atoms with E-state index in [4.69, 9.17) is 0 Å². The lowest BCUT2D eigenvalue weighted by Crippen LogP contribution is -2.01. The number of rotatable bonds is 7. The zero-order valence-electron chi connectivity index (χ0n) is 16.1. The van der Waals surface area contributed by atoms with Gasteiger partial charge in [0, 0.05) is 0 Å². The molecule has 1 rings (SSSR count). The molecule has 0 aromatic heterocycles. The van der Waals surface area contributed by atoms with Gasteiger partial charge in [0.05, 0.1) is 0 Å². The van der Waals surface area contributed by atoms with Gasteiger partial charge in [-0.25, -0.2) is 0 Å². The third kappa shape index (κ3) is 4.96. The smallest absolute Gasteiger partial charge is 0.0150 e. The summed E-state index contributed by atoms with van der Waals surface area (Å²) in [6.07, 6.45) is 11.2. The molecule has 0 heteroatoms. The average molecular weight is 311 g/mol. The van der Waals surface area contributed by atoms with Crippen LogP contribution in [0, 0.1) is 12.8 Å². The Labute approximate surface area is 144 Å². The lowest BCUT2D eigenvalue weighted by atomic mass is 9.86. The lowest BCUT2D eigenvalue weighted by Gasteiger charge is -2.19. The highest BCUT2D eigenvalue weighted by Gasteiger charge is 2.13. The maximum atomic E-state index is 2.37. The van der Waals surface area contributed by atoms with E-state index in [1.165, 1.54) is 34.3 Å². The Kier molecular flexibility index (Phi) is 8.09. The van der Waals surface area contributed by atoms with Crippen molar-refractivity contribution in [2.45, 2.75) is 67.2 Å². The monoisotopic (exact) mass is 310 g/mol. The fraction of sp³-hybridized carbons (Fsp3) is 0.478. The summed E-state index contributed by atoms with van der Waals surface area (Å²) >= 11 is 0. The average Bonchev–Trinajstić information content (AvgIpc) is 2.56. The van der Waals surface area contributed by atoms with E-state index in [2.05, 4.69) is 91.0 Å². The van der Waals surface area contributed by atoms with E-state index in [-0.39, 0.29) is 0 Å². The van der Waals surface area contributed by atoms with Gasteiger partial charge in [0.15, 0.2) is 0 Å². The molecular formula is C23H34. The van der Waals surface area contributed by atoms with Gasteiger partial charge in [0.1, 0.15) is 0 Å². The van der Waals surface area contributed by atoms with Gasteiger partial charge in [-0.2, -0.15) is 0 Å². The van der Waals surface area contributed by atoms with E-state index >= 15 is 0 Å². The Morgan fingerprint density at radius 3 is 2.13 bits per heavy atom. The summed E-state index contributed by atoms with van der Waals surface area (Å²) in [5.41, 5.74) is 7.00. The first-order valence-corrected chi connectivity index (χ1v) is 9.10. The molecule has 0 saturated carbocycles. The van der Waals surface area contributed by atoms with Gasteiger partial charge in [-0.1, -0.05) is 70.2 Å². The fourth-order valence-electron chi connectivity index (χ4n) is 2.96. The summed E-state index contributed by atoms with van der Waals surface area (Å²) in [5, 5.41) is 0. The maximum Gasteiger partial charge on any atom is -0.0150 e. The Balaban J connectivity index is 3.51. The molecule has 0 aliphatic heterocycles. The van der Waals surface area contributed by atoms with Gasteiger partial charge in [0.25, 0.3) is 0 Å². The fourth-order valence-corrected chi connectivity index (χ4v) is 2.96. The molecule has 2 atom stereocenters. The highest BCUT2D eigenvalue weighted by molar-refractivity contribution is 5.80. The van der Waals surface area contributed by atoms with E-state index in [1.807, 2.05) is 0 Å². The van der Waals surface area contributed by atoms with Crippen molar-refractivity contribution >= 4 is 5.57 Å². The highest BCUT2D eigenvalue weighted by Crippen LogP contribution is 2.32. The minimum Gasteiger partial charge on any atom is -0.0874 e. The lowest BCUT2D eigenvalue weighted by molar-refractivity contribution is 0.672. The highest BCUT2D eigenvalue weighted by atomic mass is 14.2. The maximum absolute atomic E-state index is 2.37. The predicted octanol–water partition coefficient (Wildman–Crippen LogP) is 7.46. The summed E-state index contributed by atoms with van der Waals surface area (Å²) in [6.45, 7) is 15.6. The van der Waals surface area contributed by atoms with Crippen molar-refractivity contribution in [2.75, 3.05) is 0 Å². The van der Waals surface area contributed by atoms with Crippen LogP contribution in [-0.2, 0) is 0 Å². The molecule has 0 fully saturated rings. The number of benzene rings is 1. The minimum atomic E-state index is 0.561. The summed E-state index contributed by atoms with van der Waals surface area (Å²) < 4.78 is 0. The first-order chi connectivity index (χ1) is 11.0. The van der Waals surface area contributed by atoms with Gasteiger partial charge in [-0.15, -0.1) is 0 Å². The molecule has 0 bridgehead atoms. The van der Waals surface area contributed by atoms with Gasteiger partial charge < -0.3 is 0 Å². The van der Waals surface area contributed by atoms with Crippen LogP contribution in [0.2, 0.25) is 0 Å². The summed E-state index contributed by atoms with van der Waals surface area (Å²) in [6, 6.07) is 7.00. The summed E-state index contributed by atoms with van der Waals surface area (Å²) in [7, 11) is 0. The van der Waals surface area contributed by atoms with Gasteiger partial charge in [0.2, 0.25) is 0 Å². The van der Waals surface area contributed by atoms with Gasteiger partial charge in [-0.05, 0) is 73.3 Å². The van der Waals surface area contributed by atoms with Gasteiger partial charge in [-0.3, -0.25) is 0 Å². The molecule has 0 spiro atoms. The van der Waals surface area contributed by atoms with E-state index in [1.54, 1.807) is 0 Å². The van der Waals surface area contributed by atoms with E-state index < -0.39 is 0 Å². The second-order valence-corrected chi connectivity index (χ2v) is 6.56. The van der Waals surface area contributed by atoms with Crippen LogP contribution in [0.5, 0.6) is 0 Å². The molecule has 2 unspecified atom stereocenters. The van der Waals surface area contributed by atoms with Crippen LogP contribution in [0.3, 0.4) is 0 Å². The van der Waals surface area contributed by atoms with Gasteiger partial charge >= 0.3 is 0 Å². The Hall–Kier alpha value is -1.56. The largest absolute Gasteiger partial charge is 0.0874 e. The number of hydrogen-bond acceptors (Lipinski definition) is 0. The zero-order valence-corrected chi connectivity index (χ0v) is 16.1. The minimum absolute atomic E-state index is 0.561. The topological polar surface area (TPSA) is 0 Å². The molecule has 0 N–H and O–H groups in total. The molecule has 0 aliphatic rings. The Morgan fingerprint density at radius 1 is 1.00 bits per heavy atom. The second kappa shape index (κ2) is 9.55. The molecule has 0 aliphatic carbocycles. The normalized spacial score (nSPS) is 16.0. The molecule has 0 radical (unpaired) electrons. The van der Waals surface area contributed by atoms with Crippen LogP contribution in [0.25, 0.3) is 5.57 Å². The van der Waals surface area contributed by atoms with Crippen molar-refractivity contribution in [3.63, 3.8) is 0 Å². The van der Waals surface area contributed by atoms with Crippen LogP contribution in [0.15, 0.2) is 48.1 Å². The van der Waals surface area contributed by atoms with Crippen molar-refractivity contribution < 1.29 is 0 Å². The molecule has 0 nitrogen and oxygen atoms in total. The SMILES string of the molecule is C\C=C/C(=C(\C=C/C)C(C)CC)c1ccc(C(C)CC)cc1C. The van der Waals surface area contributed by atoms with Crippen molar-refractivity contribution in [1.82, 2.24) is 0 Å². The standard InChI is InChI=1S/C23H34/c1-8-12-21(18(6)11-4)23(13-9-2)22-15-14-20(16-19(22)7)17(5)10-3/h8-9,12-18H,10-11H2,1-7H3/b12-8-,13-9-,23-21-. The number of allylic oxidation sites excluding steroid dienone is 6. The molecule has 0 amide bonds. The zero-order chi connectivity index (χ0) is 17.4. The van der Waals surface area contributed by atoms with Crippen LogP contribution >= 0.6 is 0 Å². The van der Waals surface area contributed by atoms with E-state index in [9.17, 15) is 0 Å². The molecule has 1 aromatic rings. The van der Waals surface area contributed by atoms with Crippen LogP contribution in [-0.4, -0.2) is 0 Å². The first-order valence-electron chi connectivity index (χ1n) is 9.10. The predicted molar refractivity (Wildman–Crippen MR) is 106 cm³/mol. The third-order valence-electron chi connectivity index (χ3n) is 4.86. The summed E-state index contributed by atoms with van der Waals surface area (Å²) in [4.78, 5) is 0. The second-order valence-electron chi connectivity index (χ2n) is 6.56. The third-order valence-corrected chi connectivity index (χ3v) is 4.86.